The maximum Gasteiger partial charge on any atom is 0.416 e. The van der Waals surface area contributed by atoms with Gasteiger partial charge in [0.1, 0.15) is 11.9 Å². The number of nitrogens with two attached hydrogens (primary N) is 1. The van der Waals surface area contributed by atoms with Crippen molar-refractivity contribution in [2.45, 2.75) is 44.4 Å². The number of amides is 1. The summed E-state index contributed by atoms with van der Waals surface area (Å²) in [4.78, 5) is 19.2. The van der Waals surface area contributed by atoms with Crippen LogP contribution in [0.5, 0.6) is 0 Å². The minimum atomic E-state index is -4.48. The Kier molecular flexibility index (Phi) is 6.40. The quantitative estimate of drug-likeness (QED) is 0.662. The van der Waals surface area contributed by atoms with Gasteiger partial charge in [-0.25, -0.2) is 4.98 Å². The van der Waals surface area contributed by atoms with E-state index in [1.54, 1.807) is 6.07 Å². The highest BCUT2D eigenvalue weighted by Gasteiger charge is 2.33. The highest BCUT2D eigenvalue weighted by Crippen LogP contribution is 2.32. The first-order valence-corrected chi connectivity index (χ1v) is 9.48. The summed E-state index contributed by atoms with van der Waals surface area (Å²) in [7, 11) is 0. The van der Waals surface area contributed by atoms with Crippen LogP contribution < -0.4 is 16.4 Å². The lowest BCUT2D eigenvalue weighted by atomic mass is 9.85. The van der Waals surface area contributed by atoms with Crippen molar-refractivity contribution in [3.63, 3.8) is 0 Å². The summed E-state index contributed by atoms with van der Waals surface area (Å²) >= 11 is 0. The van der Waals surface area contributed by atoms with Gasteiger partial charge in [-0.3, -0.25) is 9.78 Å². The first kappa shape index (κ1) is 21.4. The second kappa shape index (κ2) is 8.98. The molecule has 0 atom stereocenters. The van der Waals surface area contributed by atoms with Gasteiger partial charge in [0, 0.05) is 48.7 Å². The number of carbonyl (C=O) groups excluding carboxylic acids is 1. The van der Waals surface area contributed by atoms with E-state index in [9.17, 15) is 23.2 Å². The molecular weight excluding hydrogens is 397 g/mol. The molecule has 3 rings (SSSR count). The number of nitrogens with zero attached hydrogens (tertiary/aromatic N) is 3. The van der Waals surface area contributed by atoms with Gasteiger partial charge in [0.2, 0.25) is 5.91 Å². The molecule has 2 aromatic heterocycles. The van der Waals surface area contributed by atoms with E-state index in [1.807, 2.05) is 0 Å². The minimum Gasteiger partial charge on any atom is -0.381 e. The molecule has 0 bridgehead atoms. The van der Waals surface area contributed by atoms with E-state index in [0.29, 0.717) is 29.9 Å². The zero-order chi connectivity index (χ0) is 21.7. The molecule has 0 unspecified atom stereocenters. The van der Waals surface area contributed by atoms with Crippen LogP contribution in [0.1, 0.15) is 42.4 Å². The van der Waals surface area contributed by atoms with E-state index in [2.05, 4.69) is 26.7 Å². The van der Waals surface area contributed by atoms with Crippen molar-refractivity contribution >= 4 is 17.4 Å². The minimum absolute atomic E-state index is 0.00422. The van der Waals surface area contributed by atoms with Gasteiger partial charge in [-0.1, -0.05) is 0 Å². The fraction of sp³-hybridized carbons (Fsp3) is 0.400. The Balaban J connectivity index is 1.70. The molecule has 4 N–H and O–H groups in total. The first-order chi connectivity index (χ1) is 14.3. The van der Waals surface area contributed by atoms with E-state index in [0.717, 1.165) is 31.3 Å². The largest absolute Gasteiger partial charge is 0.416 e. The van der Waals surface area contributed by atoms with E-state index >= 15 is 0 Å². The summed E-state index contributed by atoms with van der Waals surface area (Å²) < 4.78 is 39.4. The van der Waals surface area contributed by atoms with Gasteiger partial charge in [-0.15, -0.1) is 0 Å². The summed E-state index contributed by atoms with van der Waals surface area (Å²) in [6.07, 6.45) is 1.96. The predicted octanol–water partition coefficient (Wildman–Crippen LogP) is 3.44. The van der Waals surface area contributed by atoms with Crippen LogP contribution in [0.3, 0.4) is 0 Å². The van der Waals surface area contributed by atoms with Crippen LogP contribution in [0.2, 0.25) is 0 Å². The number of anilines is 2. The summed E-state index contributed by atoms with van der Waals surface area (Å²) in [5.41, 5.74) is 5.46. The van der Waals surface area contributed by atoms with Gasteiger partial charge in [-0.2, -0.15) is 18.4 Å². The zero-order valence-electron chi connectivity index (χ0n) is 16.0. The van der Waals surface area contributed by atoms with Gasteiger partial charge < -0.3 is 16.4 Å². The molecule has 0 aliphatic heterocycles. The zero-order valence-corrected chi connectivity index (χ0v) is 16.0. The highest BCUT2D eigenvalue weighted by atomic mass is 19.4. The average Bonchev–Trinajstić information content (AvgIpc) is 2.72. The summed E-state index contributed by atoms with van der Waals surface area (Å²) in [5.74, 6) is -0.0926. The number of hydrogen-bond acceptors (Lipinski definition) is 6. The fourth-order valence-corrected chi connectivity index (χ4v) is 3.53. The molecular formula is C20H21F3N6O. The Hall–Kier alpha value is -3.35. The SMILES string of the molecule is N#Cc1cnc(NCc2cnccc2C(F)(F)F)cc1NC1CCC(C(N)=O)CC1. The number of nitrogens with one attached hydrogen (secondary N) is 2. The number of rotatable bonds is 6. The van der Waals surface area contributed by atoms with Crippen molar-refractivity contribution in [1.29, 1.82) is 5.26 Å². The molecule has 158 valence electrons. The van der Waals surface area contributed by atoms with Crippen molar-refractivity contribution < 1.29 is 18.0 Å². The van der Waals surface area contributed by atoms with Crippen LogP contribution in [0.4, 0.5) is 24.7 Å². The summed E-state index contributed by atoms with van der Waals surface area (Å²) in [6, 6.07) is 4.65. The molecule has 1 amide bonds. The molecule has 0 saturated heterocycles. The Morgan fingerprint density at radius 2 is 2.00 bits per heavy atom. The number of halogens is 3. The molecule has 1 aliphatic carbocycles. The maximum atomic E-state index is 13.1. The smallest absolute Gasteiger partial charge is 0.381 e. The number of hydrogen-bond donors (Lipinski definition) is 3. The Morgan fingerprint density at radius 3 is 2.63 bits per heavy atom. The third-order valence-corrected chi connectivity index (χ3v) is 5.18. The van der Waals surface area contributed by atoms with Crippen molar-refractivity contribution in [1.82, 2.24) is 9.97 Å². The van der Waals surface area contributed by atoms with Gasteiger partial charge in [-0.05, 0) is 31.7 Å². The lowest BCUT2D eigenvalue weighted by molar-refractivity contribution is -0.138. The molecule has 0 spiro atoms. The van der Waals surface area contributed by atoms with E-state index in [-0.39, 0.29) is 30.0 Å². The topological polar surface area (TPSA) is 117 Å². The van der Waals surface area contributed by atoms with Crippen molar-refractivity contribution in [2.24, 2.45) is 11.7 Å². The lowest BCUT2D eigenvalue weighted by Gasteiger charge is -2.28. The van der Waals surface area contributed by atoms with Gasteiger partial charge >= 0.3 is 6.18 Å². The standard InChI is InChI=1S/C20H21F3N6O/c21-20(22,23)16-5-6-26-9-14(16)11-28-18-7-17(13(8-24)10-27-18)29-15-3-1-12(2-4-15)19(25)30/h5-7,9-10,12,15H,1-4,11H2,(H2,25,30)(H2,27,28,29). The Morgan fingerprint density at radius 1 is 1.27 bits per heavy atom. The molecule has 2 aromatic rings. The molecule has 0 radical (unpaired) electrons. The van der Waals surface area contributed by atoms with Crippen molar-refractivity contribution in [3.8, 4) is 6.07 Å². The third kappa shape index (κ3) is 5.17. The summed E-state index contributed by atoms with van der Waals surface area (Å²) in [6.45, 7) is -0.120. The van der Waals surface area contributed by atoms with Crippen LogP contribution in [-0.4, -0.2) is 21.9 Å². The van der Waals surface area contributed by atoms with E-state index in [4.69, 9.17) is 5.73 Å². The van der Waals surface area contributed by atoms with Crippen LogP contribution >= 0.6 is 0 Å². The molecule has 1 saturated carbocycles. The van der Waals surface area contributed by atoms with Crippen LogP contribution in [0.25, 0.3) is 0 Å². The number of alkyl halides is 3. The summed E-state index contributed by atoms with van der Waals surface area (Å²) in [5, 5.41) is 15.5. The molecule has 1 fully saturated rings. The van der Waals surface area contributed by atoms with Crippen LogP contribution in [0, 0.1) is 17.2 Å². The predicted molar refractivity (Wildman–Crippen MR) is 104 cm³/mol. The van der Waals surface area contributed by atoms with Crippen molar-refractivity contribution in [3.05, 3.63) is 47.4 Å². The molecule has 2 heterocycles. The monoisotopic (exact) mass is 418 g/mol. The Labute approximate surface area is 171 Å². The van der Waals surface area contributed by atoms with Crippen LogP contribution in [0.15, 0.2) is 30.7 Å². The first-order valence-electron chi connectivity index (χ1n) is 9.48. The Bertz CT molecular complexity index is 948. The number of carbonyl (C=O) groups is 1. The fourth-order valence-electron chi connectivity index (χ4n) is 3.53. The highest BCUT2D eigenvalue weighted by molar-refractivity contribution is 5.76. The normalized spacial score (nSPS) is 19.0. The number of nitriles is 1. The van der Waals surface area contributed by atoms with Gasteiger partial charge in [0.15, 0.2) is 0 Å². The van der Waals surface area contributed by atoms with E-state index < -0.39 is 11.7 Å². The second-order valence-corrected chi connectivity index (χ2v) is 7.21. The van der Waals surface area contributed by atoms with Gasteiger partial charge in [0.05, 0.1) is 16.8 Å². The average molecular weight is 418 g/mol. The van der Waals surface area contributed by atoms with E-state index in [1.165, 1.54) is 6.20 Å². The third-order valence-electron chi connectivity index (χ3n) is 5.18. The van der Waals surface area contributed by atoms with Crippen molar-refractivity contribution in [2.75, 3.05) is 10.6 Å². The molecule has 0 aromatic carbocycles. The molecule has 10 heteroatoms. The van der Waals surface area contributed by atoms with Crippen LogP contribution in [-0.2, 0) is 17.5 Å². The lowest BCUT2D eigenvalue weighted by Crippen LogP contribution is -2.32. The number of primary amides is 1. The number of aromatic nitrogens is 2. The molecule has 1 aliphatic rings. The second-order valence-electron chi connectivity index (χ2n) is 7.21. The molecule has 7 nitrogen and oxygen atoms in total. The molecule has 30 heavy (non-hydrogen) atoms. The van der Waals surface area contributed by atoms with Gasteiger partial charge in [0.25, 0.3) is 0 Å². The maximum absolute atomic E-state index is 13.1. The number of pyridine rings is 2.